The van der Waals surface area contributed by atoms with Gasteiger partial charge in [0.1, 0.15) is 11.9 Å². The summed E-state index contributed by atoms with van der Waals surface area (Å²) in [6, 6.07) is 12.0. The summed E-state index contributed by atoms with van der Waals surface area (Å²) in [5.74, 6) is 0.703. The molecule has 0 bridgehead atoms. The number of rotatable bonds is 5. The van der Waals surface area contributed by atoms with Gasteiger partial charge in [-0.05, 0) is 47.2 Å². The topological polar surface area (TPSA) is 61.6 Å². The number of carbonyl (C=O) groups excluding carboxylic acids is 1. The summed E-state index contributed by atoms with van der Waals surface area (Å²) in [6.45, 7) is 6.87. The lowest BCUT2D eigenvalue weighted by Crippen LogP contribution is -2.25. The maximum absolute atomic E-state index is 11.3. The molecule has 0 aromatic heterocycles. The standard InChI is InChI=1S/C21H24ClNO3/c1-4-9-25-18-8-6-14(11-17(18)22)13-5-7-16-15(10-13)12-21(2,3)19(16)26-20(23)24/h5-8,10-11,19H,4,9,12H2,1-3H3,(H2,23,24). The molecule has 0 aliphatic heterocycles. The first-order chi connectivity index (χ1) is 12.3. The normalized spacial score (nSPS) is 17.6. The van der Waals surface area contributed by atoms with Crippen LogP contribution in [0.25, 0.3) is 11.1 Å². The van der Waals surface area contributed by atoms with E-state index in [9.17, 15) is 4.79 Å². The van der Waals surface area contributed by atoms with Gasteiger partial charge < -0.3 is 15.2 Å². The highest BCUT2D eigenvalue weighted by molar-refractivity contribution is 6.32. The van der Waals surface area contributed by atoms with Crippen molar-refractivity contribution in [1.29, 1.82) is 0 Å². The van der Waals surface area contributed by atoms with Crippen molar-refractivity contribution in [3.8, 4) is 16.9 Å². The molecule has 1 amide bonds. The molecule has 3 rings (SSSR count). The van der Waals surface area contributed by atoms with E-state index in [4.69, 9.17) is 26.8 Å². The largest absolute Gasteiger partial charge is 0.492 e. The van der Waals surface area contributed by atoms with Crippen molar-refractivity contribution < 1.29 is 14.3 Å². The van der Waals surface area contributed by atoms with Crippen molar-refractivity contribution in [3.63, 3.8) is 0 Å². The summed E-state index contributed by atoms with van der Waals surface area (Å²) in [7, 11) is 0. The van der Waals surface area contributed by atoms with E-state index >= 15 is 0 Å². The fourth-order valence-corrected chi connectivity index (χ4v) is 3.78. The molecule has 0 saturated heterocycles. The lowest BCUT2D eigenvalue weighted by Gasteiger charge is -2.26. The minimum Gasteiger partial charge on any atom is -0.492 e. The van der Waals surface area contributed by atoms with E-state index in [0.29, 0.717) is 17.4 Å². The molecule has 1 aliphatic carbocycles. The molecule has 4 nitrogen and oxygen atoms in total. The first-order valence-corrected chi connectivity index (χ1v) is 9.21. The van der Waals surface area contributed by atoms with Crippen LogP contribution in [0.3, 0.4) is 0 Å². The van der Waals surface area contributed by atoms with Gasteiger partial charge in [0.05, 0.1) is 11.6 Å². The summed E-state index contributed by atoms with van der Waals surface area (Å²) in [6.07, 6.45) is 0.694. The van der Waals surface area contributed by atoms with Crippen LogP contribution >= 0.6 is 11.6 Å². The lowest BCUT2D eigenvalue weighted by atomic mass is 9.87. The van der Waals surface area contributed by atoms with Gasteiger partial charge >= 0.3 is 6.09 Å². The Morgan fingerprint density at radius 3 is 2.58 bits per heavy atom. The molecule has 0 radical (unpaired) electrons. The highest BCUT2D eigenvalue weighted by Crippen LogP contribution is 2.48. The molecular weight excluding hydrogens is 350 g/mol. The summed E-state index contributed by atoms with van der Waals surface area (Å²) >= 11 is 6.36. The number of amides is 1. The fourth-order valence-electron chi connectivity index (χ4n) is 3.55. The van der Waals surface area contributed by atoms with Crippen LogP contribution in [0.1, 0.15) is 44.4 Å². The van der Waals surface area contributed by atoms with E-state index in [0.717, 1.165) is 29.5 Å². The van der Waals surface area contributed by atoms with E-state index in [2.05, 4.69) is 26.8 Å². The van der Waals surface area contributed by atoms with Gasteiger partial charge in [0.2, 0.25) is 0 Å². The molecule has 1 atom stereocenters. The van der Waals surface area contributed by atoms with Gasteiger partial charge in [-0.15, -0.1) is 0 Å². The molecule has 138 valence electrons. The molecule has 26 heavy (non-hydrogen) atoms. The van der Waals surface area contributed by atoms with Gasteiger partial charge in [0, 0.05) is 5.41 Å². The van der Waals surface area contributed by atoms with E-state index in [1.807, 2.05) is 30.3 Å². The Kier molecular flexibility index (Phi) is 5.15. The first-order valence-electron chi connectivity index (χ1n) is 8.83. The van der Waals surface area contributed by atoms with Gasteiger partial charge in [0.15, 0.2) is 0 Å². The second-order valence-electron chi connectivity index (χ2n) is 7.39. The first kappa shape index (κ1) is 18.6. The van der Waals surface area contributed by atoms with Crippen molar-refractivity contribution in [3.05, 3.63) is 52.5 Å². The number of hydrogen-bond acceptors (Lipinski definition) is 3. The Hall–Kier alpha value is -2.20. The van der Waals surface area contributed by atoms with Crippen LogP contribution in [0.4, 0.5) is 4.79 Å². The lowest BCUT2D eigenvalue weighted by molar-refractivity contribution is 0.0392. The fraction of sp³-hybridized carbons (Fsp3) is 0.381. The maximum Gasteiger partial charge on any atom is 0.405 e. The third-order valence-electron chi connectivity index (χ3n) is 4.74. The van der Waals surface area contributed by atoms with Crippen molar-refractivity contribution >= 4 is 17.7 Å². The zero-order chi connectivity index (χ0) is 18.9. The SMILES string of the molecule is CCCOc1ccc(-c2ccc3c(c2)CC(C)(C)C3OC(N)=O)cc1Cl. The minimum absolute atomic E-state index is 0.189. The van der Waals surface area contributed by atoms with Crippen LogP contribution in [-0.2, 0) is 11.2 Å². The quantitative estimate of drug-likeness (QED) is 0.751. The molecule has 2 aromatic rings. The highest BCUT2D eigenvalue weighted by atomic mass is 35.5. The maximum atomic E-state index is 11.3. The Morgan fingerprint density at radius 2 is 1.92 bits per heavy atom. The number of halogens is 1. The Bertz CT molecular complexity index is 832. The summed E-state index contributed by atoms with van der Waals surface area (Å²) in [5, 5.41) is 0.603. The Balaban J connectivity index is 1.91. The monoisotopic (exact) mass is 373 g/mol. The highest BCUT2D eigenvalue weighted by Gasteiger charge is 2.41. The van der Waals surface area contributed by atoms with E-state index in [-0.39, 0.29) is 11.5 Å². The number of fused-ring (bicyclic) bond motifs is 1. The van der Waals surface area contributed by atoms with E-state index in [1.54, 1.807) is 0 Å². The number of carbonyl (C=O) groups is 1. The zero-order valence-corrected chi connectivity index (χ0v) is 16.1. The number of ether oxygens (including phenoxy) is 2. The predicted molar refractivity (Wildman–Crippen MR) is 104 cm³/mol. The van der Waals surface area contributed by atoms with Gasteiger partial charge in [-0.3, -0.25) is 0 Å². The molecule has 0 heterocycles. The molecule has 2 N–H and O–H groups in total. The predicted octanol–water partition coefficient (Wildman–Crippen LogP) is 5.51. The van der Waals surface area contributed by atoms with E-state index < -0.39 is 6.09 Å². The molecule has 0 saturated carbocycles. The number of hydrogen-bond donors (Lipinski definition) is 1. The minimum atomic E-state index is -0.741. The van der Waals surface area contributed by atoms with Gasteiger partial charge in [-0.25, -0.2) is 4.79 Å². The molecule has 1 unspecified atom stereocenters. The third kappa shape index (κ3) is 3.65. The summed E-state index contributed by atoms with van der Waals surface area (Å²) in [4.78, 5) is 11.3. The molecule has 1 aliphatic rings. The third-order valence-corrected chi connectivity index (χ3v) is 5.04. The Morgan fingerprint density at radius 1 is 1.23 bits per heavy atom. The number of primary amides is 1. The van der Waals surface area contributed by atoms with Crippen LogP contribution in [-0.4, -0.2) is 12.7 Å². The smallest absolute Gasteiger partial charge is 0.405 e. The van der Waals surface area contributed by atoms with Crippen LogP contribution in [0.5, 0.6) is 5.75 Å². The van der Waals surface area contributed by atoms with Crippen molar-refractivity contribution in [2.24, 2.45) is 11.1 Å². The van der Waals surface area contributed by atoms with E-state index in [1.165, 1.54) is 5.56 Å². The molecule has 0 fully saturated rings. The summed E-state index contributed by atoms with van der Waals surface area (Å²) in [5.41, 5.74) is 9.35. The van der Waals surface area contributed by atoms with Crippen molar-refractivity contribution in [2.45, 2.75) is 39.7 Å². The second-order valence-corrected chi connectivity index (χ2v) is 7.80. The van der Waals surface area contributed by atoms with Gasteiger partial charge in [-0.1, -0.05) is 56.6 Å². The zero-order valence-electron chi connectivity index (χ0n) is 15.3. The average Bonchev–Trinajstić information content (AvgIpc) is 2.82. The van der Waals surface area contributed by atoms with Crippen LogP contribution in [0.15, 0.2) is 36.4 Å². The number of nitrogens with two attached hydrogens (primary N) is 1. The molecular formula is C21H24ClNO3. The van der Waals surface area contributed by atoms with Gasteiger partial charge in [-0.2, -0.15) is 0 Å². The van der Waals surface area contributed by atoms with Crippen molar-refractivity contribution in [1.82, 2.24) is 0 Å². The molecule has 2 aromatic carbocycles. The molecule has 5 heteroatoms. The van der Waals surface area contributed by atoms with Gasteiger partial charge in [0.25, 0.3) is 0 Å². The van der Waals surface area contributed by atoms with Crippen molar-refractivity contribution in [2.75, 3.05) is 6.61 Å². The average molecular weight is 374 g/mol. The number of benzene rings is 2. The van der Waals surface area contributed by atoms with Crippen LogP contribution in [0, 0.1) is 5.41 Å². The Labute approximate surface area is 159 Å². The second kappa shape index (κ2) is 7.20. The van der Waals surface area contributed by atoms with Crippen LogP contribution < -0.4 is 10.5 Å². The molecule has 0 spiro atoms. The summed E-state index contributed by atoms with van der Waals surface area (Å²) < 4.78 is 11.0. The van der Waals surface area contributed by atoms with Crippen LogP contribution in [0.2, 0.25) is 5.02 Å².